The molecule has 0 radical (unpaired) electrons. The van der Waals surface area contributed by atoms with E-state index in [0.717, 1.165) is 68.4 Å². The Kier molecular flexibility index (Phi) is 8.89. The lowest BCUT2D eigenvalue weighted by atomic mass is 9.87. The molecule has 0 atom stereocenters. The first-order chi connectivity index (χ1) is 34.1. The van der Waals surface area contributed by atoms with Crippen molar-refractivity contribution >= 4 is 115 Å². The lowest BCUT2D eigenvalue weighted by molar-refractivity contribution is 0.900. The maximum Gasteiger partial charge on any atom is 0.114 e. The van der Waals surface area contributed by atoms with Crippen molar-refractivity contribution in [3.05, 3.63) is 216 Å². The van der Waals surface area contributed by atoms with E-state index in [9.17, 15) is 0 Å². The molecule has 6 nitrogen and oxygen atoms in total. The Morgan fingerprint density at radius 3 is 1.46 bits per heavy atom. The lowest BCUT2D eigenvalue weighted by Crippen LogP contribution is -2.19. The number of anilines is 6. The van der Waals surface area contributed by atoms with Crippen molar-refractivity contribution < 1.29 is 0 Å². The Hall–Kier alpha value is -8.26. The van der Waals surface area contributed by atoms with Crippen LogP contribution in [0.5, 0.6) is 0 Å². The molecule has 13 aromatic rings. The summed E-state index contributed by atoms with van der Waals surface area (Å²) < 4.78 is 5.76. The molecule has 0 fully saturated rings. The van der Waals surface area contributed by atoms with Gasteiger partial charge in [-0.2, -0.15) is 0 Å². The van der Waals surface area contributed by atoms with Crippen LogP contribution in [0.1, 0.15) is 25.5 Å². The van der Waals surface area contributed by atoms with Gasteiger partial charge in [0, 0.05) is 28.7 Å². The molecule has 328 valence electrons. The second-order valence-electron chi connectivity index (χ2n) is 18.0. The van der Waals surface area contributed by atoms with Gasteiger partial charge in [0.05, 0.1) is 56.2 Å². The molecule has 0 N–H and O–H groups in total. The van der Waals surface area contributed by atoms with Crippen LogP contribution in [0.25, 0.3) is 87.7 Å². The van der Waals surface area contributed by atoms with E-state index in [0.29, 0.717) is 0 Å². The second-order valence-corrected chi connectivity index (χ2v) is 18.9. The average Bonchev–Trinajstić information content (AvgIpc) is 3.99. The summed E-state index contributed by atoms with van der Waals surface area (Å²) in [5, 5.41) is 10.5. The first kappa shape index (κ1) is 39.9. The summed E-state index contributed by atoms with van der Waals surface area (Å²) in [6.07, 6.45) is 1.76. The van der Waals surface area contributed by atoms with E-state index in [1.807, 2.05) is 0 Å². The van der Waals surface area contributed by atoms with E-state index in [-0.39, 0.29) is 0 Å². The molecule has 0 unspecified atom stereocenters. The zero-order valence-corrected chi connectivity index (χ0v) is 39.6. The van der Waals surface area contributed by atoms with Crippen LogP contribution in [-0.2, 0) is 12.8 Å². The molecule has 0 saturated heterocycles. The molecule has 11 aromatic carbocycles. The standard InChI is InChI=1S/C41H27N3.C21H16BrN3/c1-2-38-42-34-18-9-19-36-41(34)44(38)35-23-20-26(24-37(35)43(36)27-12-4-3-5-13-27)28-21-22-33-31-15-7-11-25-10-6-14-30(39(25)31)32-17-8-16-29(28)40(32)33;1-2-20-23-16-9-6-10-18-21(16)25(20)17-12-11-14(22)13-19(17)24(18)15-7-4-3-5-8-15/h3-24H,2H2,1H3;3-13H,2H2,1H3. The number of aryl methyl sites for hydroxylation is 2. The predicted molar refractivity (Wildman–Crippen MR) is 292 cm³/mol. The van der Waals surface area contributed by atoms with Gasteiger partial charge in [-0.3, -0.25) is 9.13 Å². The highest BCUT2D eigenvalue weighted by molar-refractivity contribution is 9.10. The van der Waals surface area contributed by atoms with Crippen molar-refractivity contribution in [1.29, 1.82) is 0 Å². The quantitative estimate of drug-likeness (QED) is 0.127. The maximum absolute atomic E-state index is 5.06. The summed E-state index contributed by atoms with van der Waals surface area (Å²) in [4.78, 5) is 14.7. The van der Waals surface area contributed by atoms with Gasteiger partial charge in [0.2, 0.25) is 0 Å². The van der Waals surface area contributed by atoms with Gasteiger partial charge in [0.25, 0.3) is 0 Å². The summed E-state index contributed by atoms with van der Waals surface area (Å²) in [6, 6.07) is 72.3. The van der Waals surface area contributed by atoms with Crippen LogP contribution >= 0.6 is 15.9 Å². The zero-order valence-electron chi connectivity index (χ0n) is 38.0. The smallest absolute Gasteiger partial charge is 0.114 e. The van der Waals surface area contributed by atoms with Crippen molar-refractivity contribution in [1.82, 2.24) is 19.1 Å². The highest BCUT2D eigenvalue weighted by Crippen LogP contribution is 2.51. The number of nitrogens with zero attached hydrogens (tertiary/aromatic N) is 6. The number of hydrogen-bond donors (Lipinski definition) is 0. The molecule has 7 heteroatoms. The summed E-state index contributed by atoms with van der Waals surface area (Å²) in [6.45, 7) is 4.35. The Morgan fingerprint density at radius 1 is 0.391 bits per heavy atom. The lowest BCUT2D eigenvalue weighted by Gasteiger charge is -2.33. The van der Waals surface area contributed by atoms with Gasteiger partial charge in [-0.1, -0.05) is 151 Å². The molecular formula is C62H43BrN6. The van der Waals surface area contributed by atoms with E-state index in [1.54, 1.807) is 0 Å². The number of fused-ring (bicyclic) bond motifs is 6. The maximum atomic E-state index is 5.06. The van der Waals surface area contributed by atoms with Gasteiger partial charge in [-0.05, 0) is 133 Å². The fourth-order valence-corrected chi connectivity index (χ4v) is 11.8. The van der Waals surface area contributed by atoms with Crippen molar-refractivity contribution in [3.63, 3.8) is 0 Å². The Balaban J connectivity index is 0.000000152. The average molecular weight is 952 g/mol. The zero-order chi connectivity index (χ0) is 45.9. The minimum Gasteiger partial charge on any atom is -0.306 e. The van der Waals surface area contributed by atoms with Gasteiger partial charge >= 0.3 is 0 Å². The van der Waals surface area contributed by atoms with Gasteiger partial charge < -0.3 is 9.80 Å². The van der Waals surface area contributed by atoms with E-state index >= 15 is 0 Å². The first-order valence-corrected chi connectivity index (χ1v) is 24.6. The van der Waals surface area contributed by atoms with Crippen LogP contribution in [0.2, 0.25) is 0 Å². The van der Waals surface area contributed by atoms with Crippen molar-refractivity contribution in [3.8, 4) is 22.5 Å². The molecular weight excluding hydrogens is 909 g/mol. The largest absolute Gasteiger partial charge is 0.306 e. The Morgan fingerprint density at radius 2 is 0.884 bits per heavy atom. The van der Waals surface area contributed by atoms with Crippen LogP contribution in [0, 0.1) is 0 Å². The molecule has 69 heavy (non-hydrogen) atoms. The number of halogens is 1. The van der Waals surface area contributed by atoms with Crippen LogP contribution in [0.3, 0.4) is 0 Å². The number of benzene rings is 11. The van der Waals surface area contributed by atoms with Crippen LogP contribution in [-0.4, -0.2) is 19.1 Å². The van der Waals surface area contributed by atoms with Gasteiger partial charge in [-0.25, -0.2) is 9.97 Å². The topological polar surface area (TPSA) is 42.1 Å². The van der Waals surface area contributed by atoms with Crippen molar-refractivity contribution in [2.24, 2.45) is 0 Å². The third kappa shape index (κ3) is 5.84. The summed E-state index contributed by atoms with van der Waals surface area (Å²) >= 11 is 3.64. The van der Waals surface area contributed by atoms with E-state index in [4.69, 9.17) is 9.97 Å². The Labute approximate surface area is 407 Å². The molecule has 2 aliphatic heterocycles. The highest BCUT2D eigenvalue weighted by Gasteiger charge is 2.31. The molecule has 0 saturated carbocycles. The van der Waals surface area contributed by atoms with Gasteiger partial charge in [-0.15, -0.1) is 0 Å². The summed E-state index contributed by atoms with van der Waals surface area (Å²) in [5.41, 5.74) is 16.2. The molecule has 0 bridgehead atoms. The normalized spacial score (nSPS) is 12.6. The summed E-state index contributed by atoms with van der Waals surface area (Å²) in [7, 11) is 0. The van der Waals surface area contributed by atoms with Crippen molar-refractivity contribution in [2.45, 2.75) is 26.7 Å². The van der Waals surface area contributed by atoms with Crippen molar-refractivity contribution in [2.75, 3.05) is 9.80 Å². The van der Waals surface area contributed by atoms with Gasteiger partial charge in [0.1, 0.15) is 11.6 Å². The van der Waals surface area contributed by atoms with Crippen LogP contribution in [0.15, 0.2) is 205 Å². The SMILES string of the molecule is CCc1nc2cccc3c2n1-c1ccc(-c2ccc4c5cccc6cccc(c7cccc2c74)c65)cc1N3c1ccccc1.CCc1nc2cccc3c2n1-c1ccc(Br)cc1N3c1ccccc1. The van der Waals surface area contributed by atoms with Crippen LogP contribution in [0.4, 0.5) is 34.1 Å². The molecule has 0 spiro atoms. The molecule has 0 amide bonds. The highest BCUT2D eigenvalue weighted by atomic mass is 79.9. The van der Waals surface area contributed by atoms with E-state index < -0.39 is 0 Å². The number of imidazole rings is 2. The second kappa shape index (κ2) is 15.4. The molecule has 0 aliphatic carbocycles. The molecule has 2 aliphatic rings. The van der Waals surface area contributed by atoms with E-state index in [1.165, 1.54) is 82.3 Å². The fourth-order valence-electron chi connectivity index (χ4n) is 11.5. The number of aromatic nitrogens is 4. The third-order valence-electron chi connectivity index (χ3n) is 14.3. The molecule has 15 rings (SSSR count). The monoisotopic (exact) mass is 950 g/mol. The van der Waals surface area contributed by atoms with E-state index in [2.05, 4.69) is 249 Å². The Bertz CT molecular complexity index is 4140. The third-order valence-corrected chi connectivity index (χ3v) is 14.8. The number of hydrogen-bond acceptors (Lipinski definition) is 4. The number of para-hydroxylation sites is 4. The minimum atomic E-state index is 0.865. The fraction of sp³-hybridized carbons (Fsp3) is 0.0645. The number of rotatable bonds is 5. The minimum absolute atomic E-state index is 0.865. The van der Waals surface area contributed by atoms with Gasteiger partial charge in [0.15, 0.2) is 0 Å². The summed E-state index contributed by atoms with van der Waals surface area (Å²) in [5.74, 6) is 2.18. The molecule has 2 aromatic heterocycles. The first-order valence-electron chi connectivity index (χ1n) is 23.8. The van der Waals surface area contributed by atoms with Crippen LogP contribution < -0.4 is 9.80 Å². The predicted octanol–water partition coefficient (Wildman–Crippen LogP) is 17.2. The molecule has 4 heterocycles.